The highest BCUT2D eigenvalue weighted by molar-refractivity contribution is 7.89. The van der Waals surface area contributed by atoms with Crippen LogP contribution < -0.4 is 10.5 Å². The SMILES string of the molecule is C#CC(C)NS(=O)(=O)c1cc(C)c(F)c(N)c1. The lowest BCUT2D eigenvalue weighted by molar-refractivity contribution is 0.576. The Morgan fingerprint density at radius 3 is 2.59 bits per heavy atom. The van der Waals surface area contributed by atoms with Gasteiger partial charge < -0.3 is 5.73 Å². The Labute approximate surface area is 100 Å². The molecule has 1 unspecified atom stereocenters. The van der Waals surface area contributed by atoms with Gasteiger partial charge in [0.1, 0.15) is 5.82 Å². The van der Waals surface area contributed by atoms with Gasteiger partial charge in [0.25, 0.3) is 0 Å². The number of nitrogen functional groups attached to an aromatic ring is 1. The molecule has 0 aliphatic heterocycles. The lowest BCUT2D eigenvalue weighted by Crippen LogP contribution is -2.31. The Hall–Kier alpha value is -1.58. The van der Waals surface area contributed by atoms with Crippen LogP contribution in [0.15, 0.2) is 17.0 Å². The molecule has 1 aromatic carbocycles. The number of hydrogen-bond donors (Lipinski definition) is 2. The van der Waals surface area contributed by atoms with Crippen LogP contribution >= 0.6 is 0 Å². The summed E-state index contributed by atoms with van der Waals surface area (Å²) in [4.78, 5) is -0.101. The molecular formula is C11H13FN2O2S. The van der Waals surface area contributed by atoms with E-state index in [0.29, 0.717) is 0 Å². The van der Waals surface area contributed by atoms with Crippen molar-refractivity contribution < 1.29 is 12.8 Å². The van der Waals surface area contributed by atoms with Crippen LogP contribution in [0.2, 0.25) is 0 Å². The number of hydrogen-bond acceptors (Lipinski definition) is 3. The van der Waals surface area contributed by atoms with Crippen LogP contribution in [0.5, 0.6) is 0 Å². The first-order valence-electron chi connectivity index (χ1n) is 4.82. The lowest BCUT2D eigenvalue weighted by atomic mass is 10.2. The van der Waals surface area contributed by atoms with Gasteiger partial charge in [0.05, 0.1) is 16.6 Å². The minimum absolute atomic E-state index is 0.101. The zero-order valence-electron chi connectivity index (χ0n) is 9.49. The predicted molar refractivity (Wildman–Crippen MR) is 64.2 cm³/mol. The second-order valence-corrected chi connectivity index (χ2v) is 5.37. The molecule has 0 aliphatic rings. The molecule has 17 heavy (non-hydrogen) atoms. The molecule has 6 heteroatoms. The van der Waals surface area contributed by atoms with Crippen LogP contribution in [0.4, 0.5) is 10.1 Å². The molecule has 1 atom stereocenters. The van der Waals surface area contributed by atoms with Gasteiger partial charge in [-0.05, 0) is 31.5 Å². The summed E-state index contributed by atoms with van der Waals surface area (Å²) in [5.74, 6) is 1.62. The van der Waals surface area contributed by atoms with E-state index in [-0.39, 0.29) is 16.1 Å². The normalized spacial score (nSPS) is 13.1. The number of sulfonamides is 1. The van der Waals surface area contributed by atoms with Crippen LogP contribution in [0.25, 0.3) is 0 Å². The van der Waals surface area contributed by atoms with E-state index >= 15 is 0 Å². The number of benzene rings is 1. The van der Waals surface area contributed by atoms with Crippen molar-refractivity contribution in [2.75, 3.05) is 5.73 Å². The average molecular weight is 256 g/mol. The molecule has 0 saturated carbocycles. The summed E-state index contributed by atoms with van der Waals surface area (Å²) in [6, 6.07) is 1.62. The molecule has 0 amide bonds. The van der Waals surface area contributed by atoms with Gasteiger partial charge in [0, 0.05) is 0 Å². The highest BCUT2D eigenvalue weighted by atomic mass is 32.2. The van der Waals surface area contributed by atoms with Crippen molar-refractivity contribution in [3.8, 4) is 12.3 Å². The summed E-state index contributed by atoms with van der Waals surface area (Å²) in [5.41, 5.74) is 5.33. The molecular weight excluding hydrogens is 243 g/mol. The van der Waals surface area contributed by atoms with Crippen LogP contribution in [-0.2, 0) is 10.0 Å². The second-order valence-electron chi connectivity index (χ2n) is 3.65. The van der Waals surface area contributed by atoms with Gasteiger partial charge in [-0.1, -0.05) is 5.92 Å². The molecule has 0 radical (unpaired) electrons. The molecule has 1 rings (SSSR count). The third kappa shape index (κ3) is 2.96. The number of anilines is 1. The molecule has 3 N–H and O–H groups in total. The van der Waals surface area contributed by atoms with Crippen LogP contribution in [-0.4, -0.2) is 14.5 Å². The topological polar surface area (TPSA) is 72.2 Å². The van der Waals surface area contributed by atoms with Crippen molar-refractivity contribution in [1.82, 2.24) is 4.72 Å². The number of nitrogens with one attached hydrogen (secondary N) is 1. The van der Waals surface area contributed by atoms with Crippen LogP contribution in [0.1, 0.15) is 12.5 Å². The van der Waals surface area contributed by atoms with Gasteiger partial charge >= 0.3 is 0 Å². The molecule has 4 nitrogen and oxygen atoms in total. The zero-order chi connectivity index (χ0) is 13.2. The Balaban J connectivity index is 3.22. The number of halogens is 1. The first kappa shape index (κ1) is 13.5. The van der Waals surface area contributed by atoms with E-state index in [2.05, 4.69) is 10.6 Å². The van der Waals surface area contributed by atoms with Gasteiger partial charge in [-0.2, -0.15) is 4.72 Å². The maximum absolute atomic E-state index is 13.3. The lowest BCUT2D eigenvalue weighted by Gasteiger charge is -2.11. The van der Waals surface area contributed by atoms with Gasteiger partial charge in [0.15, 0.2) is 0 Å². The molecule has 0 aliphatic carbocycles. The number of nitrogens with two attached hydrogens (primary N) is 1. The van der Waals surface area contributed by atoms with Gasteiger partial charge in [0.2, 0.25) is 10.0 Å². The molecule has 0 aromatic heterocycles. The average Bonchev–Trinajstić information content (AvgIpc) is 2.24. The fourth-order valence-electron chi connectivity index (χ4n) is 1.25. The first-order chi connectivity index (χ1) is 7.77. The molecule has 92 valence electrons. The summed E-state index contributed by atoms with van der Waals surface area (Å²) in [6.45, 7) is 2.96. The van der Waals surface area contributed by atoms with Crippen molar-refractivity contribution in [2.24, 2.45) is 0 Å². The Morgan fingerprint density at radius 2 is 2.12 bits per heavy atom. The highest BCUT2D eigenvalue weighted by Gasteiger charge is 2.18. The van der Waals surface area contributed by atoms with Crippen LogP contribution in [0, 0.1) is 25.1 Å². The third-order valence-electron chi connectivity index (χ3n) is 2.15. The van der Waals surface area contributed by atoms with E-state index in [0.717, 1.165) is 6.07 Å². The van der Waals surface area contributed by atoms with E-state index in [1.54, 1.807) is 0 Å². The monoisotopic (exact) mass is 256 g/mol. The van der Waals surface area contributed by atoms with Crippen molar-refractivity contribution in [2.45, 2.75) is 24.8 Å². The summed E-state index contributed by atoms with van der Waals surface area (Å²) < 4.78 is 39.2. The number of terminal acetylenes is 1. The van der Waals surface area contributed by atoms with E-state index in [9.17, 15) is 12.8 Å². The second kappa shape index (κ2) is 4.73. The summed E-state index contributed by atoms with van der Waals surface area (Å²) in [5, 5.41) is 0. The predicted octanol–water partition coefficient (Wildman–Crippen LogP) is 1.02. The maximum Gasteiger partial charge on any atom is 0.241 e. The van der Waals surface area contributed by atoms with Crippen molar-refractivity contribution >= 4 is 15.7 Å². The quantitative estimate of drug-likeness (QED) is 0.626. The van der Waals surface area contributed by atoms with Gasteiger partial charge in [-0.15, -0.1) is 6.42 Å². The van der Waals surface area contributed by atoms with Crippen LogP contribution in [0.3, 0.4) is 0 Å². The minimum atomic E-state index is -3.77. The standard InChI is InChI=1S/C11H13FN2O2S/c1-4-8(3)14-17(15,16)9-5-7(2)11(12)10(13)6-9/h1,5-6,8,14H,13H2,2-3H3. The third-order valence-corrected chi connectivity index (χ3v) is 3.67. The van der Waals surface area contributed by atoms with Crippen molar-refractivity contribution in [3.63, 3.8) is 0 Å². The Kier molecular flexibility index (Phi) is 3.76. The highest BCUT2D eigenvalue weighted by Crippen LogP contribution is 2.20. The van der Waals surface area contributed by atoms with Gasteiger partial charge in [-0.3, -0.25) is 0 Å². The Bertz CT molecular complexity index is 553. The molecule has 0 saturated heterocycles. The maximum atomic E-state index is 13.3. The fraction of sp³-hybridized carbons (Fsp3) is 0.273. The molecule has 0 fully saturated rings. The summed E-state index contributed by atoms with van der Waals surface area (Å²) >= 11 is 0. The summed E-state index contributed by atoms with van der Waals surface area (Å²) in [7, 11) is -3.77. The van der Waals surface area contributed by atoms with E-state index in [1.807, 2.05) is 0 Å². The Morgan fingerprint density at radius 1 is 1.53 bits per heavy atom. The smallest absolute Gasteiger partial charge is 0.241 e. The molecule has 0 spiro atoms. The first-order valence-corrected chi connectivity index (χ1v) is 6.30. The largest absolute Gasteiger partial charge is 0.396 e. The van der Waals surface area contributed by atoms with Gasteiger partial charge in [-0.25, -0.2) is 12.8 Å². The van der Waals surface area contributed by atoms with Crippen molar-refractivity contribution in [1.29, 1.82) is 0 Å². The van der Waals surface area contributed by atoms with E-state index in [4.69, 9.17) is 12.2 Å². The molecule has 1 aromatic rings. The number of rotatable bonds is 3. The minimum Gasteiger partial charge on any atom is -0.396 e. The molecule has 0 heterocycles. The fourth-order valence-corrected chi connectivity index (χ4v) is 2.54. The number of aryl methyl sites for hydroxylation is 1. The van der Waals surface area contributed by atoms with Crippen molar-refractivity contribution in [3.05, 3.63) is 23.5 Å². The van der Waals surface area contributed by atoms with E-state index in [1.165, 1.54) is 19.9 Å². The summed E-state index contributed by atoms with van der Waals surface area (Å²) in [6.07, 6.45) is 5.08. The molecule has 0 bridgehead atoms. The zero-order valence-corrected chi connectivity index (χ0v) is 10.3. The van der Waals surface area contributed by atoms with E-state index < -0.39 is 21.9 Å².